The van der Waals surface area contributed by atoms with Gasteiger partial charge >= 0.3 is 0 Å². The van der Waals surface area contributed by atoms with Crippen LogP contribution in [0.2, 0.25) is 0 Å². The maximum atomic E-state index is 13.0. The van der Waals surface area contributed by atoms with Gasteiger partial charge in [0.05, 0.1) is 12.4 Å². The number of benzene rings is 1. The van der Waals surface area contributed by atoms with Crippen molar-refractivity contribution in [2.24, 2.45) is 7.05 Å². The van der Waals surface area contributed by atoms with E-state index in [2.05, 4.69) is 31.5 Å². The molecule has 0 atom stereocenters. The topological polar surface area (TPSA) is 65.2 Å². The summed E-state index contributed by atoms with van der Waals surface area (Å²) in [6.07, 6.45) is 4.74. The van der Waals surface area contributed by atoms with E-state index in [1.165, 1.54) is 23.0 Å². The maximum absolute atomic E-state index is 13.0. The summed E-state index contributed by atoms with van der Waals surface area (Å²) in [7, 11) is 3.71. The van der Waals surface area contributed by atoms with Crippen LogP contribution in [-0.2, 0) is 36.0 Å². The van der Waals surface area contributed by atoms with Crippen molar-refractivity contribution < 1.29 is 9.53 Å². The summed E-state index contributed by atoms with van der Waals surface area (Å²) in [4.78, 5) is 14.9. The Morgan fingerprint density at radius 3 is 2.87 bits per heavy atom. The van der Waals surface area contributed by atoms with Gasteiger partial charge in [-0.25, -0.2) is 0 Å². The summed E-state index contributed by atoms with van der Waals surface area (Å²) < 4.78 is 9.43. The largest absolute Gasteiger partial charge is 0.383 e. The number of hydrogen-bond acceptors (Lipinski definition) is 5. The predicted octanol–water partition coefficient (Wildman–Crippen LogP) is 2.93. The van der Waals surface area contributed by atoms with E-state index >= 15 is 0 Å². The average Bonchev–Trinajstić information content (AvgIpc) is 3.36. The van der Waals surface area contributed by atoms with Crippen molar-refractivity contribution in [2.75, 3.05) is 30.9 Å². The normalized spacial score (nSPS) is 13.5. The Balaban J connectivity index is 1.48. The molecule has 0 spiro atoms. The van der Waals surface area contributed by atoms with Gasteiger partial charge in [-0.15, -0.1) is 10.2 Å². The average molecular weight is 426 g/mol. The molecule has 0 N–H and O–H groups in total. The zero-order valence-electron chi connectivity index (χ0n) is 17.5. The van der Waals surface area contributed by atoms with Crippen molar-refractivity contribution in [3.8, 4) is 0 Å². The van der Waals surface area contributed by atoms with Gasteiger partial charge in [-0.1, -0.05) is 30.0 Å². The number of fused-ring (bicyclic) bond motifs is 1. The van der Waals surface area contributed by atoms with Crippen molar-refractivity contribution >= 4 is 23.4 Å². The van der Waals surface area contributed by atoms with E-state index in [1.807, 2.05) is 42.4 Å². The van der Waals surface area contributed by atoms with Crippen molar-refractivity contribution in [1.29, 1.82) is 0 Å². The molecule has 4 rings (SSSR count). The molecule has 158 valence electrons. The van der Waals surface area contributed by atoms with Crippen molar-refractivity contribution in [1.82, 2.24) is 19.3 Å². The number of anilines is 1. The molecule has 1 amide bonds. The number of aryl methyl sites for hydroxylation is 2. The predicted molar refractivity (Wildman–Crippen MR) is 118 cm³/mol. The summed E-state index contributed by atoms with van der Waals surface area (Å²) in [6.45, 7) is 2.00. The monoisotopic (exact) mass is 425 g/mol. The molecular weight excluding hydrogens is 398 g/mol. The van der Waals surface area contributed by atoms with Gasteiger partial charge in [0.2, 0.25) is 5.91 Å². The highest BCUT2D eigenvalue weighted by Crippen LogP contribution is 2.28. The molecule has 2 aromatic heterocycles. The van der Waals surface area contributed by atoms with Gasteiger partial charge in [-0.2, -0.15) is 0 Å². The molecule has 0 radical (unpaired) electrons. The first-order valence-electron chi connectivity index (χ1n) is 10.2. The Morgan fingerprint density at radius 1 is 1.20 bits per heavy atom. The Bertz CT molecular complexity index is 1010. The first kappa shape index (κ1) is 20.7. The zero-order valence-corrected chi connectivity index (χ0v) is 18.3. The van der Waals surface area contributed by atoms with Crippen LogP contribution in [0, 0.1) is 0 Å². The molecule has 7 nitrogen and oxygen atoms in total. The van der Waals surface area contributed by atoms with Crippen LogP contribution in [0.3, 0.4) is 0 Å². The fourth-order valence-electron chi connectivity index (χ4n) is 3.80. The number of amides is 1. The van der Waals surface area contributed by atoms with Crippen LogP contribution in [0.25, 0.3) is 0 Å². The first-order chi connectivity index (χ1) is 14.7. The van der Waals surface area contributed by atoms with Gasteiger partial charge in [0.25, 0.3) is 0 Å². The summed E-state index contributed by atoms with van der Waals surface area (Å²) in [5.74, 6) is 1.33. The molecule has 0 fully saturated rings. The lowest BCUT2D eigenvalue weighted by atomic mass is 10.0. The lowest BCUT2D eigenvalue weighted by Gasteiger charge is -2.29. The van der Waals surface area contributed by atoms with Crippen LogP contribution in [0.5, 0.6) is 0 Å². The minimum absolute atomic E-state index is 0.109. The van der Waals surface area contributed by atoms with Gasteiger partial charge in [0.1, 0.15) is 5.82 Å². The second-order valence-corrected chi connectivity index (χ2v) is 8.34. The van der Waals surface area contributed by atoms with Crippen LogP contribution in [0.1, 0.15) is 23.5 Å². The number of hydrogen-bond donors (Lipinski definition) is 0. The molecular formula is C22H27N5O2S. The van der Waals surface area contributed by atoms with E-state index in [9.17, 15) is 4.79 Å². The number of nitrogens with zero attached hydrogens (tertiary/aromatic N) is 5. The van der Waals surface area contributed by atoms with E-state index in [1.54, 1.807) is 7.11 Å². The van der Waals surface area contributed by atoms with E-state index in [0.29, 0.717) is 25.3 Å². The number of ether oxygens (including phenoxy) is 1. The van der Waals surface area contributed by atoms with Gasteiger partial charge in [-0.05, 0) is 36.6 Å². The van der Waals surface area contributed by atoms with Crippen LogP contribution >= 0.6 is 11.8 Å². The number of carbonyl (C=O) groups is 1. The Morgan fingerprint density at radius 2 is 2.07 bits per heavy atom. The van der Waals surface area contributed by atoms with E-state index in [4.69, 9.17) is 4.74 Å². The molecule has 1 aromatic carbocycles. The number of para-hydroxylation sites is 1. The quantitative estimate of drug-likeness (QED) is 0.519. The number of carbonyl (C=O) groups excluding carboxylic acids is 1. The Labute approximate surface area is 181 Å². The highest BCUT2D eigenvalue weighted by Gasteiger charge is 2.23. The van der Waals surface area contributed by atoms with Crippen molar-refractivity contribution in [2.45, 2.75) is 31.0 Å². The minimum Gasteiger partial charge on any atom is -0.383 e. The summed E-state index contributed by atoms with van der Waals surface area (Å²) in [5, 5.41) is 9.55. The second-order valence-electron chi connectivity index (χ2n) is 7.40. The molecule has 3 heterocycles. The van der Waals surface area contributed by atoms with Crippen LogP contribution < -0.4 is 4.90 Å². The summed E-state index contributed by atoms with van der Waals surface area (Å²) in [5.41, 5.74) is 3.45. The molecule has 0 unspecified atom stereocenters. The fourth-order valence-corrected chi connectivity index (χ4v) is 4.66. The maximum Gasteiger partial charge on any atom is 0.237 e. The smallest absolute Gasteiger partial charge is 0.237 e. The lowest BCUT2D eigenvalue weighted by Crippen LogP contribution is -2.36. The highest BCUT2D eigenvalue weighted by atomic mass is 32.2. The molecule has 1 aliphatic rings. The van der Waals surface area contributed by atoms with Crippen LogP contribution in [0.15, 0.2) is 47.8 Å². The third-order valence-corrected chi connectivity index (χ3v) is 6.39. The van der Waals surface area contributed by atoms with Crippen molar-refractivity contribution in [3.63, 3.8) is 0 Å². The molecule has 0 aliphatic carbocycles. The zero-order chi connectivity index (χ0) is 20.9. The number of thioether (sulfide) groups is 1. The number of methoxy groups -OCH3 is 1. The first-order valence-corrected chi connectivity index (χ1v) is 11.2. The summed E-state index contributed by atoms with van der Waals surface area (Å²) in [6, 6.07) is 12.3. The molecule has 30 heavy (non-hydrogen) atoms. The van der Waals surface area contributed by atoms with Crippen molar-refractivity contribution in [3.05, 3.63) is 59.7 Å². The van der Waals surface area contributed by atoms with Gasteiger partial charge in [0.15, 0.2) is 5.16 Å². The summed E-state index contributed by atoms with van der Waals surface area (Å²) >= 11 is 1.45. The fraction of sp³-hybridized carbons (Fsp3) is 0.409. The van der Waals surface area contributed by atoms with Gasteiger partial charge in [-0.3, -0.25) is 4.79 Å². The number of aromatic nitrogens is 4. The molecule has 0 bridgehead atoms. The molecule has 3 aromatic rings. The third-order valence-electron chi connectivity index (χ3n) is 5.44. The molecule has 0 saturated heterocycles. The Hall–Kier alpha value is -2.58. The Kier molecular flexibility index (Phi) is 6.54. The lowest BCUT2D eigenvalue weighted by molar-refractivity contribution is -0.116. The van der Waals surface area contributed by atoms with Gasteiger partial charge in [0, 0.05) is 51.2 Å². The molecule has 8 heteroatoms. The number of rotatable bonds is 8. The third kappa shape index (κ3) is 4.44. The minimum atomic E-state index is 0.109. The van der Waals surface area contributed by atoms with Crippen LogP contribution in [-0.4, -0.2) is 51.3 Å². The molecule has 1 aliphatic heterocycles. The van der Waals surface area contributed by atoms with E-state index in [-0.39, 0.29) is 5.91 Å². The van der Waals surface area contributed by atoms with Gasteiger partial charge < -0.3 is 18.8 Å². The second kappa shape index (κ2) is 9.49. The van der Waals surface area contributed by atoms with E-state index < -0.39 is 0 Å². The highest BCUT2D eigenvalue weighted by molar-refractivity contribution is 7.99. The molecule has 0 saturated carbocycles. The van der Waals surface area contributed by atoms with Crippen LogP contribution in [0.4, 0.5) is 5.69 Å². The van der Waals surface area contributed by atoms with E-state index in [0.717, 1.165) is 36.1 Å². The SMILES string of the molecule is COCCn1c(Cc2cccn2C)nnc1SCC(=O)N1CCCc2ccccc21. The standard InChI is InChI=1S/C22H27N5O2S/c1-25-11-6-9-18(25)15-20-23-24-22(27(20)13-14-29-2)30-16-21(28)26-12-5-8-17-7-3-4-10-19(17)26/h3-4,6-7,9-11H,5,8,12-16H2,1-2H3.